The maximum absolute atomic E-state index is 10.9. The van der Waals surface area contributed by atoms with Crippen molar-refractivity contribution in [1.29, 1.82) is 0 Å². The Morgan fingerprint density at radius 1 is 1.07 bits per heavy atom. The third-order valence-electron chi connectivity index (χ3n) is 6.75. The molecule has 1 aromatic rings. The first-order valence-corrected chi connectivity index (χ1v) is 10.8. The molecule has 1 aromatic carbocycles. The number of rotatable bonds is 9. The van der Waals surface area contributed by atoms with Gasteiger partial charge in [-0.1, -0.05) is 33.1 Å². The van der Waals surface area contributed by atoms with Gasteiger partial charge in [-0.25, -0.2) is 0 Å². The lowest BCUT2D eigenvalue weighted by Crippen LogP contribution is -2.37. The minimum Gasteiger partial charge on any atom is -0.507 e. The second-order valence-corrected chi connectivity index (χ2v) is 9.25. The van der Waals surface area contributed by atoms with E-state index in [9.17, 15) is 9.90 Å². The largest absolute Gasteiger partial charge is 0.507 e. The van der Waals surface area contributed by atoms with Crippen LogP contribution in [-0.2, 0) is 11.2 Å². The van der Waals surface area contributed by atoms with E-state index in [0.29, 0.717) is 11.7 Å². The molecular weight excluding hydrogens is 352 g/mol. The van der Waals surface area contributed by atoms with Crippen LogP contribution in [0.3, 0.4) is 0 Å². The SMILES string of the molecule is Cc1c(C)c2c(c(C)c1O)CC[C@](C)(CCC[C@@H](C)CCCC(C)C(=O)O)O2. The summed E-state index contributed by atoms with van der Waals surface area (Å²) in [5.41, 5.74) is 3.96. The molecule has 0 spiro atoms. The van der Waals surface area contributed by atoms with E-state index in [2.05, 4.69) is 13.8 Å². The Hall–Kier alpha value is -1.71. The maximum Gasteiger partial charge on any atom is 0.306 e. The van der Waals surface area contributed by atoms with Crippen LogP contribution in [0.1, 0.15) is 88.0 Å². The quantitative estimate of drug-likeness (QED) is 0.535. The summed E-state index contributed by atoms with van der Waals surface area (Å²) in [5, 5.41) is 19.3. The van der Waals surface area contributed by atoms with Gasteiger partial charge in [-0.2, -0.15) is 0 Å². The van der Waals surface area contributed by atoms with Crippen LogP contribution in [-0.4, -0.2) is 21.8 Å². The standard InChI is InChI=1S/C24H38O4/c1-15(9-7-11-16(2)23(26)27)10-8-13-24(6)14-12-20-19(5)21(25)17(3)18(4)22(20)28-24/h15-16,25H,7-14H2,1-6H3,(H,26,27)/t15-,16?,24-/m0/s1. The van der Waals surface area contributed by atoms with Crippen LogP contribution in [0.4, 0.5) is 0 Å². The van der Waals surface area contributed by atoms with Gasteiger partial charge in [0.1, 0.15) is 17.1 Å². The fraction of sp³-hybridized carbons (Fsp3) is 0.708. The minimum absolute atomic E-state index is 0.148. The Balaban J connectivity index is 1.87. The lowest BCUT2D eigenvalue weighted by atomic mass is 9.84. The van der Waals surface area contributed by atoms with Crippen molar-refractivity contribution in [3.8, 4) is 11.5 Å². The van der Waals surface area contributed by atoms with E-state index in [1.54, 1.807) is 6.92 Å². The summed E-state index contributed by atoms with van der Waals surface area (Å²) in [6, 6.07) is 0. The van der Waals surface area contributed by atoms with Crippen molar-refractivity contribution < 1.29 is 19.7 Å². The second kappa shape index (κ2) is 9.19. The summed E-state index contributed by atoms with van der Waals surface area (Å²) in [5.74, 6) is 1.08. The van der Waals surface area contributed by atoms with E-state index < -0.39 is 5.97 Å². The number of phenols is 1. The number of hydrogen-bond acceptors (Lipinski definition) is 3. The number of carbonyl (C=O) groups is 1. The fourth-order valence-electron chi connectivity index (χ4n) is 4.34. The zero-order valence-electron chi connectivity index (χ0n) is 18.5. The van der Waals surface area contributed by atoms with E-state index in [4.69, 9.17) is 9.84 Å². The summed E-state index contributed by atoms with van der Waals surface area (Å²) in [6.45, 7) is 12.3. The molecule has 0 bridgehead atoms. The predicted molar refractivity (Wildman–Crippen MR) is 113 cm³/mol. The highest BCUT2D eigenvalue weighted by Crippen LogP contribution is 2.44. The van der Waals surface area contributed by atoms with Crippen molar-refractivity contribution >= 4 is 5.97 Å². The maximum atomic E-state index is 10.9. The topological polar surface area (TPSA) is 66.8 Å². The molecule has 1 aliphatic rings. The van der Waals surface area contributed by atoms with Crippen LogP contribution in [0, 0.1) is 32.6 Å². The molecule has 0 amide bonds. The molecule has 3 atom stereocenters. The van der Waals surface area contributed by atoms with Crippen molar-refractivity contribution in [2.75, 3.05) is 0 Å². The van der Waals surface area contributed by atoms with Crippen molar-refractivity contribution in [1.82, 2.24) is 0 Å². The highest BCUT2D eigenvalue weighted by molar-refractivity contribution is 5.69. The van der Waals surface area contributed by atoms with E-state index in [1.165, 1.54) is 5.56 Å². The van der Waals surface area contributed by atoms with Gasteiger partial charge >= 0.3 is 5.97 Å². The van der Waals surface area contributed by atoms with Crippen molar-refractivity contribution in [3.63, 3.8) is 0 Å². The molecule has 0 radical (unpaired) electrons. The van der Waals surface area contributed by atoms with Crippen molar-refractivity contribution in [2.45, 2.75) is 98.5 Å². The third-order valence-corrected chi connectivity index (χ3v) is 6.75. The Morgan fingerprint density at radius 2 is 1.71 bits per heavy atom. The first-order valence-electron chi connectivity index (χ1n) is 10.8. The van der Waals surface area contributed by atoms with Crippen LogP contribution >= 0.6 is 0 Å². The number of carboxylic acid groups (broad SMARTS) is 1. The third kappa shape index (κ3) is 5.21. The molecule has 0 saturated carbocycles. The van der Waals surface area contributed by atoms with Crippen LogP contribution < -0.4 is 4.74 Å². The van der Waals surface area contributed by atoms with E-state index in [1.807, 2.05) is 20.8 Å². The molecule has 4 nitrogen and oxygen atoms in total. The van der Waals surface area contributed by atoms with Gasteiger partial charge in [0.15, 0.2) is 0 Å². The van der Waals surface area contributed by atoms with E-state index in [-0.39, 0.29) is 11.5 Å². The molecule has 1 unspecified atom stereocenters. The monoisotopic (exact) mass is 390 g/mol. The average Bonchev–Trinajstić information content (AvgIpc) is 2.64. The fourth-order valence-corrected chi connectivity index (χ4v) is 4.34. The summed E-state index contributed by atoms with van der Waals surface area (Å²) in [4.78, 5) is 10.9. The Labute approximate surface area is 170 Å². The van der Waals surface area contributed by atoms with Gasteiger partial charge < -0.3 is 14.9 Å². The number of ether oxygens (including phenoxy) is 1. The van der Waals surface area contributed by atoms with Gasteiger partial charge in [-0.3, -0.25) is 4.79 Å². The second-order valence-electron chi connectivity index (χ2n) is 9.25. The first kappa shape index (κ1) is 22.6. The smallest absolute Gasteiger partial charge is 0.306 e. The number of hydrogen-bond donors (Lipinski definition) is 2. The molecule has 0 fully saturated rings. The molecule has 2 rings (SSSR count). The Morgan fingerprint density at radius 3 is 2.36 bits per heavy atom. The number of aromatic hydroxyl groups is 1. The molecule has 158 valence electrons. The first-order chi connectivity index (χ1) is 13.1. The number of aliphatic carboxylic acids is 1. The molecule has 0 aromatic heterocycles. The van der Waals surface area contributed by atoms with Crippen molar-refractivity contribution in [2.24, 2.45) is 11.8 Å². The minimum atomic E-state index is -0.690. The number of carboxylic acids is 1. The highest BCUT2D eigenvalue weighted by Gasteiger charge is 2.34. The van der Waals surface area contributed by atoms with Crippen LogP contribution in [0.5, 0.6) is 11.5 Å². The van der Waals surface area contributed by atoms with Gasteiger partial charge in [0.25, 0.3) is 0 Å². The van der Waals surface area contributed by atoms with E-state index in [0.717, 1.165) is 73.8 Å². The molecule has 2 N–H and O–H groups in total. The van der Waals surface area contributed by atoms with Gasteiger partial charge in [0, 0.05) is 5.56 Å². The van der Waals surface area contributed by atoms with Gasteiger partial charge in [0.05, 0.1) is 5.92 Å². The van der Waals surface area contributed by atoms with Gasteiger partial charge in [-0.15, -0.1) is 0 Å². The molecule has 0 aliphatic carbocycles. The van der Waals surface area contributed by atoms with Crippen LogP contribution in [0.15, 0.2) is 0 Å². The molecule has 4 heteroatoms. The summed E-state index contributed by atoms with van der Waals surface area (Å²) >= 11 is 0. The predicted octanol–water partition coefficient (Wildman–Crippen LogP) is 6.10. The summed E-state index contributed by atoms with van der Waals surface area (Å²) in [6.07, 6.45) is 8.08. The van der Waals surface area contributed by atoms with E-state index >= 15 is 0 Å². The number of phenolic OH excluding ortho intramolecular Hbond substituents is 1. The zero-order valence-corrected chi connectivity index (χ0v) is 18.5. The summed E-state index contributed by atoms with van der Waals surface area (Å²) in [7, 11) is 0. The normalized spacial score (nSPS) is 20.9. The molecule has 1 heterocycles. The number of fused-ring (bicyclic) bond motifs is 1. The Bertz CT molecular complexity index is 709. The zero-order chi connectivity index (χ0) is 21.1. The lowest BCUT2D eigenvalue weighted by molar-refractivity contribution is -0.141. The Kier molecular flexibility index (Phi) is 7.41. The lowest BCUT2D eigenvalue weighted by Gasteiger charge is -2.38. The van der Waals surface area contributed by atoms with Crippen LogP contribution in [0.2, 0.25) is 0 Å². The molecular formula is C24H38O4. The van der Waals surface area contributed by atoms with Gasteiger partial charge in [-0.05, 0) is 82.4 Å². The van der Waals surface area contributed by atoms with Gasteiger partial charge in [0.2, 0.25) is 0 Å². The molecule has 28 heavy (non-hydrogen) atoms. The highest BCUT2D eigenvalue weighted by atomic mass is 16.5. The molecule has 1 aliphatic heterocycles. The number of benzene rings is 1. The van der Waals surface area contributed by atoms with Crippen molar-refractivity contribution in [3.05, 3.63) is 22.3 Å². The summed E-state index contributed by atoms with van der Waals surface area (Å²) < 4.78 is 6.51. The van der Waals surface area contributed by atoms with Crippen LogP contribution in [0.25, 0.3) is 0 Å². The molecule has 0 saturated heterocycles. The average molecular weight is 391 g/mol.